The number of aromatic amines is 1. The van der Waals surface area contributed by atoms with E-state index in [1.54, 1.807) is 25.1 Å². The van der Waals surface area contributed by atoms with Gasteiger partial charge in [0, 0.05) is 5.02 Å². The zero-order valence-corrected chi connectivity index (χ0v) is 9.12. The molecule has 0 aliphatic heterocycles. The van der Waals surface area contributed by atoms with Gasteiger partial charge < -0.3 is 4.98 Å². The van der Waals surface area contributed by atoms with Gasteiger partial charge in [-0.05, 0) is 25.1 Å². The van der Waals surface area contributed by atoms with E-state index in [0.717, 1.165) is 5.52 Å². The van der Waals surface area contributed by atoms with Crippen molar-refractivity contribution < 1.29 is 0 Å². The largest absolute Gasteiger partial charge is 0.317 e. The molecular formula is C10H7ClN4O. The Hall–Kier alpha value is -1.88. The Morgan fingerprint density at radius 1 is 1.44 bits per heavy atom. The molecule has 2 aromatic heterocycles. The molecule has 1 aromatic carbocycles. The summed E-state index contributed by atoms with van der Waals surface area (Å²) in [5.41, 5.74) is 1.46. The zero-order valence-electron chi connectivity index (χ0n) is 8.36. The molecule has 0 atom stereocenters. The summed E-state index contributed by atoms with van der Waals surface area (Å²) in [6, 6.07) is 5.21. The Morgan fingerprint density at radius 2 is 2.25 bits per heavy atom. The van der Waals surface area contributed by atoms with Crippen molar-refractivity contribution in [2.75, 3.05) is 0 Å². The minimum absolute atomic E-state index is 0.254. The average Bonchev–Trinajstić information content (AvgIpc) is 2.62. The van der Waals surface area contributed by atoms with Crippen LogP contribution in [0.15, 0.2) is 23.0 Å². The van der Waals surface area contributed by atoms with Crippen LogP contribution in [0, 0.1) is 6.92 Å². The Kier molecular flexibility index (Phi) is 1.79. The molecule has 0 aliphatic rings. The number of rotatable bonds is 0. The lowest BCUT2D eigenvalue weighted by Gasteiger charge is -2.00. The number of aryl methyl sites for hydroxylation is 1. The van der Waals surface area contributed by atoms with Crippen LogP contribution in [0.5, 0.6) is 0 Å². The van der Waals surface area contributed by atoms with Gasteiger partial charge >= 0.3 is 0 Å². The summed E-state index contributed by atoms with van der Waals surface area (Å²) in [5, 5.41) is 4.76. The SMILES string of the molecule is Cc1nc2c(=O)[nH]c3ccc(Cl)cc3n2n1. The lowest BCUT2D eigenvalue weighted by atomic mass is 10.3. The smallest absolute Gasteiger partial charge is 0.293 e. The van der Waals surface area contributed by atoms with Crippen molar-refractivity contribution >= 4 is 28.3 Å². The van der Waals surface area contributed by atoms with Crippen LogP contribution in [0.25, 0.3) is 16.7 Å². The second kappa shape index (κ2) is 3.05. The second-order valence-corrected chi connectivity index (χ2v) is 3.95. The maximum Gasteiger partial charge on any atom is 0.293 e. The molecule has 1 N–H and O–H groups in total. The van der Waals surface area contributed by atoms with Crippen molar-refractivity contribution in [3.8, 4) is 0 Å². The first-order chi connectivity index (χ1) is 7.65. The van der Waals surface area contributed by atoms with Crippen LogP contribution in [0.2, 0.25) is 5.02 Å². The number of aromatic nitrogens is 4. The van der Waals surface area contributed by atoms with Crippen molar-refractivity contribution in [1.29, 1.82) is 0 Å². The highest BCUT2D eigenvalue weighted by atomic mass is 35.5. The standard InChI is InChI=1S/C10H7ClN4O/c1-5-12-9-10(16)13-7-3-2-6(11)4-8(7)15(9)14-5/h2-4H,1H3,(H,13,16). The first kappa shape index (κ1) is 9.35. The van der Waals surface area contributed by atoms with Gasteiger partial charge in [0.05, 0.1) is 11.0 Å². The molecule has 0 saturated heterocycles. The molecule has 0 bridgehead atoms. The molecule has 5 nitrogen and oxygen atoms in total. The predicted molar refractivity (Wildman–Crippen MR) is 60.9 cm³/mol. The lowest BCUT2D eigenvalue weighted by Crippen LogP contribution is -2.11. The fourth-order valence-corrected chi connectivity index (χ4v) is 1.86. The zero-order chi connectivity index (χ0) is 11.3. The normalized spacial score (nSPS) is 11.4. The van der Waals surface area contributed by atoms with E-state index < -0.39 is 0 Å². The van der Waals surface area contributed by atoms with E-state index in [1.165, 1.54) is 4.52 Å². The molecule has 80 valence electrons. The fourth-order valence-electron chi connectivity index (χ4n) is 1.69. The number of fused-ring (bicyclic) bond motifs is 3. The number of nitrogens with one attached hydrogen (secondary N) is 1. The monoisotopic (exact) mass is 234 g/mol. The summed E-state index contributed by atoms with van der Waals surface area (Å²) in [6.07, 6.45) is 0. The molecule has 0 radical (unpaired) electrons. The number of hydrogen-bond donors (Lipinski definition) is 1. The highest BCUT2D eigenvalue weighted by Crippen LogP contribution is 2.16. The minimum atomic E-state index is -0.254. The third kappa shape index (κ3) is 1.22. The summed E-state index contributed by atoms with van der Waals surface area (Å²) in [5.74, 6) is 0.554. The number of halogens is 1. The molecular weight excluding hydrogens is 228 g/mol. The van der Waals surface area contributed by atoms with Crippen LogP contribution in [-0.4, -0.2) is 19.6 Å². The molecule has 0 unspecified atom stereocenters. The van der Waals surface area contributed by atoms with Crippen LogP contribution in [0.4, 0.5) is 0 Å². The van der Waals surface area contributed by atoms with Gasteiger partial charge in [-0.3, -0.25) is 4.79 Å². The first-order valence-corrected chi connectivity index (χ1v) is 5.08. The number of benzene rings is 1. The van der Waals surface area contributed by atoms with Crippen LogP contribution in [-0.2, 0) is 0 Å². The molecule has 3 rings (SSSR count). The van der Waals surface area contributed by atoms with Gasteiger partial charge in [-0.2, -0.15) is 5.10 Å². The van der Waals surface area contributed by atoms with Gasteiger partial charge in [0.2, 0.25) is 5.65 Å². The summed E-state index contributed by atoms with van der Waals surface area (Å²) in [7, 11) is 0. The van der Waals surface area contributed by atoms with Crippen molar-refractivity contribution in [3.63, 3.8) is 0 Å². The maximum absolute atomic E-state index is 11.7. The lowest BCUT2D eigenvalue weighted by molar-refractivity contribution is 0.955. The Bertz CT molecular complexity index is 758. The van der Waals surface area contributed by atoms with Crippen LogP contribution >= 0.6 is 11.6 Å². The Morgan fingerprint density at radius 3 is 3.06 bits per heavy atom. The summed E-state index contributed by atoms with van der Waals surface area (Å²) in [4.78, 5) is 18.5. The van der Waals surface area contributed by atoms with Gasteiger partial charge in [-0.25, -0.2) is 9.50 Å². The summed E-state index contributed by atoms with van der Waals surface area (Å²) in [6.45, 7) is 1.74. The maximum atomic E-state index is 11.7. The quantitative estimate of drug-likeness (QED) is 0.642. The van der Waals surface area contributed by atoms with Crippen LogP contribution in [0.1, 0.15) is 5.82 Å². The van der Waals surface area contributed by atoms with E-state index in [1.807, 2.05) is 0 Å². The molecule has 6 heteroatoms. The van der Waals surface area contributed by atoms with Gasteiger partial charge in [-0.15, -0.1) is 0 Å². The molecule has 0 spiro atoms. The van der Waals surface area contributed by atoms with Crippen molar-refractivity contribution in [2.45, 2.75) is 6.92 Å². The van der Waals surface area contributed by atoms with E-state index in [4.69, 9.17) is 11.6 Å². The van der Waals surface area contributed by atoms with E-state index >= 15 is 0 Å². The average molecular weight is 235 g/mol. The van der Waals surface area contributed by atoms with Gasteiger partial charge in [0.1, 0.15) is 5.82 Å². The van der Waals surface area contributed by atoms with Crippen molar-refractivity contribution in [1.82, 2.24) is 19.6 Å². The van der Waals surface area contributed by atoms with E-state index in [2.05, 4.69) is 15.1 Å². The van der Waals surface area contributed by atoms with Crippen LogP contribution < -0.4 is 5.56 Å². The Balaban J connectivity index is 2.65. The molecule has 0 fully saturated rings. The van der Waals surface area contributed by atoms with Crippen molar-refractivity contribution in [3.05, 3.63) is 39.4 Å². The molecule has 16 heavy (non-hydrogen) atoms. The first-order valence-electron chi connectivity index (χ1n) is 4.70. The number of nitrogens with zero attached hydrogens (tertiary/aromatic N) is 3. The van der Waals surface area contributed by atoms with E-state index in [0.29, 0.717) is 16.4 Å². The molecule has 0 saturated carbocycles. The molecule has 2 heterocycles. The second-order valence-electron chi connectivity index (χ2n) is 3.51. The number of H-pyrrole nitrogens is 1. The molecule has 0 aliphatic carbocycles. The summed E-state index contributed by atoms with van der Waals surface area (Å²) < 4.78 is 1.51. The van der Waals surface area contributed by atoms with Crippen LogP contribution in [0.3, 0.4) is 0 Å². The topological polar surface area (TPSA) is 63.0 Å². The van der Waals surface area contributed by atoms with E-state index in [-0.39, 0.29) is 11.2 Å². The fraction of sp³-hybridized carbons (Fsp3) is 0.100. The third-order valence-corrected chi connectivity index (χ3v) is 2.59. The Labute approximate surface area is 94.7 Å². The van der Waals surface area contributed by atoms with Gasteiger partial charge in [0.25, 0.3) is 5.56 Å². The number of hydrogen-bond acceptors (Lipinski definition) is 3. The minimum Gasteiger partial charge on any atom is -0.317 e. The van der Waals surface area contributed by atoms with Gasteiger partial charge in [0.15, 0.2) is 0 Å². The van der Waals surface area contributed by atoms with Crippen molar-refractivity contribution in [2.24, 2.45) is 0 Å². The predicted octanol–water partition coefficient (Wildman–Crippen LogP) is 1.53. The van der Waals surface area contributed by atoms with E-state index in [9.17, 15) is 4.79 Å². The molecule has 0 amide bonds. The highest BCUT2D eigenvalue weighted by molar-refractivity contribution is 6.31. The highest BCUT2D eigenvalue weighted by Gasteiger charge is 2.08. The third-order valence-electron chi connectivity index (χ3n) is 2.35. The van der Waals surface area contributed by atoms with Gasteiger partial charge in [-0.1, -0.05) is 11.6 Å². The summed E-state index contributed by atoms with van der Waals surface area (Å²) >= 11 is 5.91. The molecule has 3 aromatic rings.